The van der Waals surface area contributed by atoms with Gasteiger partial charge in [-0.1, -0.05) is 37.3 Å². The normalized spacial score (nSPS) is 33.3. The van der Waals surface area contributed by atoms with Crippen LogP contribution in [0.15, 0.2) is 30.3 Å². The minimum absolute atomic E-state index is 0.855. The van der Waals surface area contributed by atoms with E-state index in [1.165, 1.54) is 70.6 Å². The summed E-state index contributed by atoms with van der Waals surface area (Å²) in [6, 6.07) is 12.8. The van der Waals surface area contributed by atoms with Crippen molar-refractivity contribution in [2.45, 2.75) is 51.7 Å². The summed E-state index contributed by atoms with van der Waals surface area (Å²) in [6.45, 7) is 14.3. The second-order valence-corrected chi connectivity index (χ2v) is 7.81. The molecule has 3 rings (SSSR count). The Morgan fingerprint density at radius 1 is 0.957 bits per heavy atom. The number of quaternary nitrogens is 3. The third kappa shape index (κ3) is 4.56. The zero-order chi connectivity index (χ0) is 16.1. The molecule has 3 N–H and O–H groups in total. The molecule has 0 spiro atoms. The molecule has 2 heterocycles. The summed E-state index contributed by atoms with van der Waals surface area (Å²) in [5.41, 5.74) is 1.50. The molecular weight excluding hydrogens is 282 g/mol. The van der Waals surface area contributed by atoms with Crippen LogP contribution in [0.1, 0.15) is 38.7 Å². The minimum atomic E-state index is 0.855. The first-order valence-electron chi connectivity index (χ1n) is 9.83. The number of benzene rings is 1. The van der Waals surface area contributed by atoms with Gasteiger partial charge in [-0.2, -0.15) is 0 Å². The summed E-state index contributed by atoms with van der Waals surface area (Å²) < 4.78 is 0. The van der Waals surface area contributed by atoms with Gasteiger partial charge in [-0.3, -0.25) is 0 Å². The van der Waals surface area contributed by atoms with Gasteiger partial charge in [0, 0.05) is 18.4 Å². The molecule has 0 aromatic heterocycles. The van der Waals surface area contributed by atoms with Crippen LogP contribution in [0.5, 0.6) is 0 Å². The quantitative estimate of drug-likeness (QED) is 0.605. The molecule has 23 heavy (non-hydrogen) atoms. The summed E-state index contributed by atoms with van der Waals surface area (Å²) in [4.78, 5) is 5.55. The Kier molecular flexibility index (Phi) is 6.09. The molecule has 2 aliphatic rings. The van der Waals surface area contributed by atoms with Gasteiger partial charge < -0.3 is 14.7 Å². The predicted octanol–water partition coefficient (Wildman–Crippen LogP) is -1.18. The fourth-order valence-corrected chi connectivity index (χ4v) is 4.58. The maximum atomic E-state index is 2.42. The molecule has 1 aromatic carbocycles. The molecule has 0 aliphatic carbocycles. The maximum Gasteiger partial charge on any atom is 0.127 e. The molecule has 3 heteroatoms. The van der Waals surface area contributed by atoms with Gasteiger partial charge in [0.15, 0.2) is 0 Å². The number of piperazine rings is 1. The van der Waals surface area contributed by atoms with E-state index >= 15 is 0 Å². The van der Waals surface area contributed by atoms with Crippen LogP contribution in [-0.4, -0.2) is 51.4 Å². The zero-order valence-corrected chi connectivity index (χ0v) is 15.1. The molecule has 0 saturated carbocycles. The largest absolute Gasteiger partial charge is 0.331 e. The standard InChI is InChI=1S/C20H33N3/c1-3-18(2)22-13-15-23(16-14-22)20-9-11-21(12-10-20)17-19-7-5-4-6-8-19/h4-8,18,20H,3,9-17H2,1-2H3/p+3/t18-/m0/s1. The Bertz CT molecular complexity index is 445. The molecule has 1 aromatic rings. The molecule has 0 radical (unpaired) electrons. The summed E-state index contributed by atoms with van der Waals surface area (Å²) in [7, 11) is 0. The molecule has 0 unspecified atom stereocenters. The minimum Gasteiger partial charge on any atom is -0.331 e. The van der Waals surface area contributed by atoms with Crippen LogP contribution in [0.2, 0.25) is 0 Å². The van der Waals surface area contributed by atoms with E-state index in [1.807, 2.05) is 9.80 Å². The van der Waals surface area contributed by atoms with Crippen molar-refractivity contribution in [1.82, 2.24) is 0 Å². The van der Waals surface area contributed by atoms with Crippen LogP contribution in [-0.2, 0) is 6.54 Å². The Morgan fingerprint density at radius 2 is 1.61 bits per heavy atom. The third-order valence-corrected chi connectivity index (χ3v) is 6.41. The van der Waals surface area contributed by atoms with E-state index in [9.17, 15) is 0 Å². The number of hydrogen-bond donors (Lipinski definition) is 3. The Labute approximate surface area is 142 Å². The first kappa shape index (κ1) is 16.9. The van der Waals surface area contributed by atoms with E-state index in [0.29, 0.717) is 0 Å². The predicted molar refractivity (Wildman–Crippen MR) is 95.0 cm³/mol. The maximum absolute atomic E-state index is 2.42. The van der Waals surface area contributed by atoms with Crippen LogP contribution in [0.4, 0.5) is 0 Å². The molecule has 128 valence electrons. The molecular formula is C20H36N3+3. The van der Waals surface area contributed by atoms with Crippen molar-refractivity contribution in [2.75, 3.05) is 39.3 Å². The number of likely N-dealkylation sites (tertiary alicyclic amines) is 1. The van der Waals surface area contributed by atoms with Crippen LogP contribution < -0.4 is 14.7 Å². The molecule has 2 aliphatic heterocycles. The molecule has 0 bridgehead atoms. The van der Waals surface area contributed by atoms with E-state index in [0.717, 1.165) is 12.1 Å². The fraction of sp³-hybridized carbons (Fsp3) is 0.700. The van der Waals surface area contributed by atoms with Gasteiger partial charge in [0.05, 0.1) is 25.2 Å². The summed E-state index contributed by atoms with van der Waals surface area (Å²) in [6.07, 6.45) is 4.18. The average molecular weight is 319 g/mol. The van der Waals surface area contributed by atoms with Crippen molar-refractivity contribution in [2.24, 2.45) is 0 Å². The Morgan fingerprint density at radius 3 is 2.22 bits per heavy atom. The number of hydrogen-bond acceptors (Lipinski definition) is 0. The van der Waals surface area contributed by atoms with Gasteiger partial charge in [0.2, 0.25) is 0 Å². The number of piperidine rings is 1. The highest BCUT2D eigenvalue weighted by atomic mass is 15.3. The zero-order valence-electron chi connectivity index (χ0n) is 15.1. The SMILES string of the molecule is CC[C@H](C)[NH+]1CC[NH+](C2CC[NH+](Cc3ccccc3)CC2)CC1. The lowest BCUT2D eigenvalue weighted by molar-refractivity contribution is -1.04. The highest BCUT2D eigenvalue weighted by Crippen LogP contribution is 1.99. The lowest BCUT2D eigenvalue weighted by Gasteiger charge is -2.39. The summed E-state index contributed by atoms with van der Waals surface area (Å²) >= 11 is 0. The van der Waals surface area contributed by atoms with Gasteiger partial charge >= 0.3 is 0 Å². The van der Waals surface area contributed by atoms with Crippen molar-refractivity contribution in [1.29, 1.82) is 0 Å². The molecule has 3 nitrogen and oxygen atoms in total. The smallest absolute Gasteiger partial charge is 0.127 e. The first-order valence-corrected chi connectivity index (χ1v) is 9.83. The van der Waals surface area contributed by atoms with Crippen molar-refractivity contribution < 1.29 is 14.7 Å². The van der Waals surface area contributed by atoms with Crippen molar-refractivity contribution in [3.8, 4) is 0 Å². The number of nitrogens with one attached hydrogen (secondary N) is 3. The van der Waals surface area contributed by atoms with E-state index in [1.54, 1.807) is 4.90 Å². The van der Waals surface area contributed by atoms with Gasteiger partial charge in [-0.25, -0.2) is 0 Å². The second kappa shape index (κ2) is 8.27. The summed E-state index contributed by atoms with van der Waals surface area (Å²) in [5, 5.41) is 0. The third-order valence-electron chi connectivity index (χ3n) is 6.41. The van der Waals surface area contributed by atoms with Crippen molar-refractivity contribution in [3.05, 3.63) is 35.9 Å². The van der Waals surface area contributed by atoms with Crippen LogP contribution in [0.25, 0.3) is 0 Å². The fourth-order valence-electron chi connectivity index (χ4n) is 4.58. The lowest BCUT2D eigenvalue weighted by atomic mass is 10.0. The van der Waals surface area contributed by atoms with E-state index < -0.39 is 0 Å². The van der Waals surface area contributed by atoms with E-state index in [-0.39, 0.29) is 0 Å². The molecule has 1 atom stereocenters. The number of rotatable bonds is 5. The van der Waals surface area contributed by atoms with Crippen LogP contribution in [0, 0.1) is 0 Å². The highest BCUT2D eigenvalue weighted by molar-refractivity contribution is 5.13. The van der Waals surface area contributed by atoms with E-state index in [4.69, 9.17) is 0 Å². The van der Waals surface area contributed by atoms with Crippen LogP contribution in [0.3, 0.4) is 0 Å². The Hall–Kier alpha value is -0.900. The topological polar surface area (TPSA) is 13.3 Å². The van der Waals surface area contributed by atoms with Gasteiger partial charge in [0.1, 0.15) is 32.7 Å². The lowest BCUT2D eigenvalue weighted by Crippen LogP contribution is -3.31. The van der Waals surface area contributed by atoms with Gasteiger partial charge in [-0.05, 0) is 13.3 Å². The van der Waals surface area contributed by atoms with Gasteiger partial charge in [0.25, 0.3) is 0 Å². The van der Waals surface area contributed by atoms with Crippen molar-refractivity contribution >= 4 is 0 Å². The molecule has 2 fully saturated rings. The highest BCUT2D eigenvalue weighted by Gasteiger charge is 2.34. The van der Waals surface area contributed by atoms with Crippen molar-refractivity contribution in [3.63, 3.8) is 0 Å². The Balaban J connectivity index is 1.41. The second-order valence-electron chi connectivity index (χ2n) is 7.81. The monoisotopic (exact) mass is 318 g/mol. The van der Waals surface area contributed by atoms with Crippen LogP contribution >= 0.6 is 0 Å². The molecule has 0 amide bonds. The average Bonchev–Trinajstić information content (AvgIpc) is 2.63. The molecule has 2 saturated heterocycles. The summed E-state index contributed by atoms with van der Waals surface area (Å²) in [5.74, 6) is 0. The van der Waals surface area contributed by atoms with Gasteiger partial charge in [-0.15, -0.1) is 0 Å². The first-order chi connectivity index (χ1) is 11.3. The van der Waals surface area contributed by atoms with E-state index in [2.05, 4.69) is 44.2 Å².